The molecule has 0 atom stereocenters. The van der Waals surface area contributed by atoms with Crippen molar-refractivity contribution in [3.63, 3.8) is 0 Å². The predicted octanol–water partition coefficient (Wildman–Crippen LogP) is 0.844. The molecule has 0 unspecified atom stereocenters. The highest BCUT2D eigenvalue weighted by Gasteiger charge is 2.02. The average Bonchev–Trinajstić information content (AvgIpc) is 1.94. The maximum atomic E-state index is 8.93. The molecule has 5 heteroatoms. The monoisotopic (exact) mass is 160 g/mol. The SMILES string of the molecule is COc1nc(Cl)ncc1O. The van der Waals surface area contributed by atoms with Gasteiger partial charge in [-0.15, -0.1) is 0 Å². The van der Waals surface area contributed by atoms with Crippen molar-refractivity contribution < 1.29 is 9.84 Å². The Morgan fingerprint density at radius 2 is 2.40 bits per heavy atom. The van der Waals surface area contributed by atoms with Crippen LogP contribution in [0.3, 0.4) is 0 Å². The van der Waals surface area contributed by atoms with Crippen molar-refractivity contribution in [2.24, 2.45) is 0 Å². The highest BCUT2D eigenvalue weighted by atomic mass is 35.5. The van der Waals surface area contributed by atoms with Gasteiger partial charge >= 0.3 is 0 Å². The molecule has 0 radical (unpaired) electrons. The van der Waals surface area contributed by atoms with Crippen molar-refractivity contribution in [1.29, 1.82) is 0 Å². The average molecular weight is 161 g/mol. The Morgan fingerprint density at radius 3 is 2.90 bits per heavy atom. The van der Waals surface area contributed by atoms with Crippen LogP contribution in [0.4, 0.5) is 0 Å². The molecule has 1 aromatic heterocycles. The van der Waals surface area contributed by atoms with Gasteiger partial charge in [-0.2, -0.15) is 4.98 Å². The maximum Gasteiger partial charge on any atom is 0.261 e. The van der Waals surface area contributed by atoms with E-state index in [4.69, 9.17) is 16.7 Å². The molecule has 0 spiro atoms. The van der Waals surface area contributed by atoms with Crippen LogP contribution in [0.2, 0.25) is 5.28 Å². The number of aromatic nitrogens is 2. The molecular formula is C5H5ClN2O2. The summed E-state index contributed by atoms with van der Waals surface area (Å²) in [7, 11) is 1.39. The molecule has 0 aliphatic heterocycles. The van der Waals surface area contributed by atoms with E-state index in [-0.39, 0.29) is 16.9 Å². The summed E-state index contributed by atoms with van der Waals surface area (Å²) in [5.74, 6) is -0.0353. The summed E-state index contributed by atoms with van der Waals surface area (Å²) in [6, 6.07) is 0. The van der Waals surface area contributed by atoms with E-state index in [9.17, 15) is 0 Å². The van der Waals surface area contributed by atoms with Crippen LogP contribution in [0.5, 0.6) is 11.6 Å². The zero-order valence-corrected chi connectivity index (χ0v) is 5.96. The second-order valence-corrected chi connectivity index (χ2v) is 1.87. The van der Waals surface area contributed by atoms with E-state index in [1.54, 1.807) is 0 Å². The van der Waals surface area contributed by atoms with Crippen molar-refractivity contribution >= 4 is 11.6 Å². The third-order valence-corrected chi connectivity index (χ3v) is 1.08. The third kappa shape index (κ3) is 1.27. The number of hydrogen-bond acceptors (Lipinski definition) is 4. The van der Waals surface area contributed by atoms with E-state index in [0.717, 1.165) is 0 Å². The van der Waals surface area contributed by atoms with E-state index in [0.29, 0.717) is 0 Å². The lowest BCUT2D eigenvalue weighted by atomic mass is 10.6. The minimum Gasteiger partial charge on any atom is -0.502 e. The fourth-order valence-electron chi connectivity index (χ4n) is 0.490. The number of hydrogen-bond donors (Lipinski definition) is 1. The van der Waals surface area contributed by atoms with Crippen molar-refractivity contribution in [1.82, 2.24) is 9.97 Å². The number of rotatable bonds is 1. The van der Waals surface area contributed by atoms with Crippen molar-refractivity contribution in [3.05, 3.63) is 11.5 Å². The Bertz CT molecular complexity index is 241. The second kappa shape index (κ2) is 2.70. The fraction of sp³-hybridized carbons (Fsp3) is 0.200. The van der Waals surface area contributed by atoms with Crippen LogP contribution in [0.1, 0.15) is 0 Å². The zero-order valence-electron chi connectivity index (χ0n) is 5.21. The Morgan fingerprint density at radius 1 is 1.70 bits per heavy atom. The number of ether oxygens (including phenoxy) is 1. The molecule has 1 heterocycles. The van der Waals surface area contributed by atoms with Crippen molar-refractivity contribution in [2.45, 2.75) is 0 Å². The van der Waals surface area contributed by atoms with Gasteiger partial charge in [0.25, 0.3) is 5.88 Å². The molecule has 0 bridgehead atoms. The molecular weight excluding hydrogens is 156 g/mol. The quantitative estimate of drug-likeness (QED) is 0.619. The molecule has 1 aromatic rings. The lowest BCUT2D eigenvalue weighted by molar-refractivity contribution is 0.356. The summed E-state index contributed by atoms with van der Waals surface area (Å²) in [5, 5.41) is 8.98. The van der Waals surface area contributed by atoms with Gasteiger partial charge in [0.15, 0.2) is 5.75 Å². The van der Waals surface area contributed by atoms with Gasteiger partial charge in [0, 0.05) is 0 Å². The molecule has 0 aliphatic carbocycles. The van der Waals surface area contributed by atoms with E-state index in [1.807, 2.05) is 0 Å². The third-order valence-electron chi connectivity index (χ3n) is 0.900. The van der Waals surface area contributed by atoms with E-state index in [2.05, 4.69) is 14.7 Å². The summed E-state index contributed by atoms with van der Waals surface area (Å²) in [6.07, 6.45) is 1.17. The Kier molecular flexibility index (Phi) is 1.91. The van der Waals surface area contributed by atoms with Gasteiger partial charge in [-0.25, -0.2) is 4.98 Å². The number of halogens is 1. The summed E-state index contributed by atoms with van der Waals surface area (Å²) in [6.45, 7) is 0. The van der Waals surface area contributed by atoms with Crippen LogP contribution >= 0.6 is 11.6 Å². The first-order chi connectivity index (χ1) is 4.74. The van der Waals surface area contributed by atoms with Crippen LogP contribution in [-0.2, 0) is 0 Å². The van der Waals surface area contributed by atoms with Gasteiger partial charge in [-0.1, -0.05) is 0 Å². The minimum atomic E-state index is -0.119. The molecule has 1 N–H and O–H groups in total. The second-order valence-electron chi connectivity index (χ2n) is 1.53. The fourth-order valence-corrected chi connectivity index (χ4v) is 0.615. The van der Waals surface area contributed by atoms with Crippen molar-refractivity contribution in [3.8, 4) is 11.6 Å². The van der Waals surface area contributed by atoms with Gasteiger partial charge in [0.05, 0.1) is 13.3 Å². The molecule has 4 nitrogen and oxygen atoms in total. The predicted molar refractivity (Wildman–Crippen MR) is 35.3 cm³/mol. The molecule has 0 saturated heterocycles. The standard InChI is InChI=1S/C5H5ClN2O2/c1-10-4-3(9)2-7-5(6)8-4/h2,9H,1H3. The van der Waals surface area contributed by atoms with Crippen LogP contribution in [0.15, 0.2) is 6.20 Å². The highest BCUT2D eigenvalue weighted by molar-refractivity contribution is 6.28. The molecule has 10 heavy (non-hydrogen) atoms. The van der Waals surface area contributed by atoms with Gasteiger partial charge in [0.2, 0.25) is 5.28 Å². The van der Waals surface area contributed by atoms with Crippen LogP contribution < -0.4 is 4.74 Å². The van der Waals surface area contributed by atoms with E-state index in [1.165, 1.54) is 13.3 Å². The van der Waals surface area contributed by atoms with Crippen molar-refractivity contribution in [2.75, 3.05) is 7.11 Å². The lowest BCUT2D eigenvalue weighted by Crippen LogP contribution is -1.89. The van der Waals surface area contributed by atoms with Gasteiger partial charge in [-0.05, 0) is 11.6 Å². The molecule has 0 amide bonds. The zero-order chi connectivity index (χ0) is 7.56. The lowest BCUT2D eigenvalue weighted by Gasteiger charge is -1.99. The molecule has 0 aliphatic rings. The maximum absolute atomic E-state index is 8.93. The van der Waals surface area contributed by atoms with Gasteiger partial charge in [-0.3, -0.25) is 0 Å². The number of aromatic hydroxyl groups is 1. The molecule has 1 rings (SSSR count). The van der Waals surface area contributed by atoms with Crippen LogP contribution in [0.25, 0.3) is 0 Å². The summed E-state index contributed by atoms with van der Waals surface area (Å²) in [4.78, 5) is 7.08. The van der Waals surface area contributed by atoms with Crippen LogP contribution in [-0.4, -0.2) is 22.2 Å². The first kappa shape index (κ1) is 7.08. The first-order valence-corrected chi connectivity index (χ1v) is 2.87. The Hall–Kier alpha value is -1.03. The first-order valence-electron chi connectivity index (χ1n) is 2.49. The largest absolute Gasteiger partial charge is 0.502 e. The number of nitrogens with zero attached hydrogens (tertiary/aromatic N) is 2. The summed E-state index contributed by atoms with van der Waals surface area (Å²) in [5.41, 5.74) is 0. The Labute approximate surface area is 62.4 Å². The smallest absolute Gasteiger partial charge is 0.261 e. The Balaban J connectivity index is 3.09. The minimum absolute atomic E-state index is 0.0506. The van der Waals surface area contributed by atoms with E-state index < -0.39 is 0 Å². The molecule has 0 fully saturated rings. The van der Waals surface area contributed by atoms with E-state index >= 15 is 0 Å². The molecule has 54 valence electrons. The molecule has 0 aromatic carbocycles. The van der Waals surface area contributed by atoms with Gasteiger partial charge < -0.3 is 9.84 Å². The normalized spacial score (nSPS) is 9.40. The summed E-state index contributed by atoms with van der Waals surface area (Å²) < 4.78 is 4.64. The topological polar surface area (TPSA) is 55.2 Å². The van der Waals surface area contributed by atoms with Gasteiger partial charge in [0.1, 0.15) is 0 Å². The highest BCUT2D eigenvalue weighted by Crippen LogP contribution is 2.21. The molecule has 0 saturated carbocycles. The summed E-state index contributed by atoms with van der Waals surface area (Å²) >= 11 is 5.38. The number of methoxy groups -OCH3 is 1. The van der Waals surface area contributed by atoms with Crippen LogP contribution in [0, 0.1) is 0 Å².